The highest BCUT2D eigenvalue weighted by Gasteiger charge is 2.20. The van der Waals surface area contributed by atoms with Crippen LogP contribution in [0, 0.1) is 17.0 Å². The zero-order valence-electron chi connectivity index (χ0n) is 11.5. The first-order chi connectivity index (χ1) is 9.90. The molecule has 2 rings (SSSR count). The molecule has 0 spiro atoms. The Bertz CT molecular complexity index is 683. The number of nitro groups is 1. The van der Waals surface area contributed by atoms with Crippen LogP contribution in [0.4, 0.5) is 11.4 Å². The average molecular weight is 306 g/mol. The van der Waals surface area contributed by atoms with Crippen molar-refractivity contribution in [1.29, 1.82) is 0 Å². The van der Waals surface area contributed by atoms with Gasteiger partial charge in [0.25, 0.3) is 5.69 Å². The summed E-state index contributed by atoms with van der Waals surface area (Å²) in [6.45, 7) is 3.53. The highest BCUT2D eigenvalue weighted by atomic mass is 32.1. The molecule has 0 fully saturated rings. The van der Waals surface area contributed by atoms with Gasteiger partial charge in [-0.1, -0.05) is 6.07 Å². The zero-order chi connectivity index (χ0) is 15.6. The van der Waals surface area contributed by atoms with Crippen molar-refractivity contribution in [3.8, 4) is 0 Å². The average Bonchev–Trinajstić information content (AvgIpc) is 2.94. The summed E-state index contributed by atoms with van der Waals surface area (Å²) >= 11 is 1.56. The van der Waals surface area contributed by atoms with Crippen LogP contribution in [-0.2, 0) is 0 Å². The van der Waals surface area contributed by atoms with E-state index in [0.29, 0.717) is 11.3 Å². The highest BCUT2D eigenvalue weighted by Crippen LogP contribution is 2.31. The van der Waals surface area contributed by atoms with E-state index in [0.717, 1.165) is 10.9 Å². The number of nitrogens with one attached hydrogen (secondary N) is 1. The largest absolute Gasteiger partial charge is 0.478 e. The number of benzene rings is 1. The number of nitrogens with zero attached hydrogens (tertiary/aromatic N) is 1. The predicted octanol–water partition coefficient (Wildman–Crippen LogP) is 3.84. The molecule has 1 heterocycles. The number of rotatable bonds is 5. The molecule has 0 aliphatic rings. The van der Waals surface area contributed by atoms with Crippen molar-refractivity contribution < 1.29 is 14.8 Å². The number of hydrogen-bond donors (Lipinski definition) is 2. The van der Waals surface area contributed by atoms with Crippen molar-refractivity contribution >= 4 is 28.7 Å². The van der Waals surface area contributed by atoms with Gasteiger partial charge in [-0.05, 0) is 31.4 Å². The second-order valence-corrected chi connectivity index (χ2v) is 5.59. The smallest absolute Gasteiger partial charge is 0.336 e. The molecule has 1 atom stereocenters. The van der Waals surface area contributed by atoms with Crippen LogP contribution >= 0.6 is 11.3 Å². The van der Waals surface area contributed by atoms with Gasteiger partial charge in [-0.15, -0.1) is 11.3 Å². The number of hydrogen-bond acceptors (Lipinski definition) is 5. The Morgan fingerprint density at radius 3 is 2.71 bits per heavy atom. The normalized spacial score (nSPS) is 11.9. The number of carboxylic acid groups (broad SMARTS) is 1. The lowest BCUT2D eigenvalue weighted by molar-refractivity contribution is -0.385. The van der Waals surface area contributed by atoms with Crippen molar-refractivity contribution in [2.24, 2.45) is 0 Å². The standard InChI is InChI=1S/C14H14N2O4S/c1-8-11(15-9(2)13-4-3-5-21-13)6-10(14(17)18)7-12(8)16(19)20/h3-7,9,15H,1-2H3,(H,17,18). The third-order valence-electron chi connectivity index (χ3n) is 3.17. The van der Waals surface area contributed by atoms with Crippen LogP contribution < -0.4 is 5.32 Å². The summed E-state index contributed by atoms with van der Waals surface area (Å²) in [6, 6.07) is 6.31. The zero-order valence-corrected chi connectivity index (χ0v) is 12.3. The third-order valence-corrected chi connectivity index (χ3v) is 4.22. The minimum absolute atomic E-state index is 0.0626. The van der Waals surface area contributed by atoms with Crippen LogP contribution in [0.2, 0.25) is 0 Å². The predicted molar refractivity (Wildman–Crippen MR) is 81.1 cm³/mol. The first-order valence-electron chi connectivity index (χ1n) is 6.22. The monoisotopic (exact) mass is 306 g/mol. The Morgan fingerprint density at radius 1 is 1.48 bits per heavy atom. The molecule has 7 heteroatoms. The molecular weight excluding hydrogens is 292 g/mol. The number of nitro benzene ring substituents is 1. The second-order valence-electron chi connectivity index (χ2n) is 4.61. The van der Waals surface area contributed by atoms with Gasteiger partial charge in [-0.3, -0.25) is 10.1 Å². The Morgan fingerprint density at radius 2 is 2.19 bits per heavy atom. The van der Waals surface area contributed by atoms with Gasteiger partial charge in [0.2, 0.25) is 0 Å². The molecule has 0 bridgehead atoms. The molecule has 2 N–H and O–H groups in total. The fourth-order valence-electron chi connectivity index (χ4n) is 2.00. The van der Waals surface area contributed by atoms with Crippen LogP contribution in [0.1, 0.15) is 33.8 Å². The van der Waals surface area contributed by atoms with E-state index in [2.05, 4.69) is 5.32 Å². The van der Waals surface area contributed by atoms with Gasteiger partial charge in [0.15, 0.2) is 0 Å². The van der Waals surface area contributed by atoms with E-state index in [-0.39, 0.29) is 17.3 Å². The summed E-state index contributed by atoms with van der Waals surface area (Å²) in [5.74, 6) is -1.19. The topological polar surface area (TPSA) is 92.5 Å². The first-order valence-corrected chi connectivity index (χ1v) is 7.10. The molecule has 0 saturated heterocycles. The minimum atomic E-state index is -1.19. The number of aromatic carboxylic acids is 1. The van der Waals surface area contributed by atoms with Gasteiger partial charge in [-0.2, -0.15) is 0 Å². The number of carbonyl (C=O) groups is 1. The number of anilines is 1. The van der Waals surface area contributed by atoms with Gasteiger partial charge in [0.1, 0.15) is 0 Å². The Kier molecular flexibility index (Phi) is 4.23. The molecule has 21 heavy (non-hydrogen) atoms. The van der Waals surface area contributed by atoms with Crippen LogP contribution in [0.5, 0.6) is 0 Å². The van der Waals surface area contributed by atoms with Crippen LogP contribution in [-0.4, -0.2) is 16.0 Å². The van der Waals surface area contributed by atoms with Gasteiger partial charge in [-0.25, -0.2) is 4.79 Å². The van der Waals surface area contributed by atoms with Gasteiger partial charge in [0.05, 0.1) is 16.5 Å². The first kappa shape index (κ1) is 15.0. The van der Waals surface area contributed by atoms with E-state index < -0.39 is 10.9 Å². The summed E-state index contributed by atoms with van der Waals surface area (Å²) in [5, 5.41) is 25.2. The van der Waals surface area contributed by atoms with Crippen LogP contribution in [0.15, 0.2) is 29.6 Å². The molecule has 110 valence electrons. The SMILES string of the molecule is Cc1c(NC(C)c2cccs2)cc(C(=O)O)cc1[N+](=O)[O-]. The second kappa shape index (κ2) is 5.92. The van der Waals surface area contributed by atoms with E-state index in [1.165, 1.54) is 6.07 Å². The Hall–Kier alpha value is -2.41. The fourth-order valence-corrected chi connectivity index (χ4v) is 2.74. The van der Waals surface area contributed by atoms with E-state index in [9.17, 15) is 14.9 Å². The third kappa shape index (κ3) is 3.19. The molecule has 1 unspecified atom stereocenters. The van der Waals surface area contributed by atoms with E-state index in [4.69, 9.17) is 5.11 Å². The summed E-state index contributed by atoms with van der Waals surface area (Å²) in [7, 11) is 0. The summed E-state index contributed by atoms with van der Waals surface area (Å²) in [6.07, 6.45) is 0. The van der Waals surface area contributed by atoms with Crippen molar-refractivity contribution in [3.05, 3.63) is 55.8 Å². The Labute approximate surface area is 125 Å². The highest BCUT2D eigenvalue weighted by molar-refractivity contribution is 7.10. The van der Waals surface area contributed by atoms with Crippen LogP contribution in [0.25, 0.3) is 0 Å². The number of thiophene rings is 1. The molecule has 0 aliphatic carbocycles. The molecule has 1 aromatic heterocycles. The van der Waals surface area contributed by atoms with Crippen molar-refractivity contribution in [1.82, 2.24) is 0 Å². The molecule has 0 aliphatic heterocycles. The van der Waals surface area contributed by atoms with Crippen molar-refractivity contribution in [2.75, 3.05) is 5.32 Å². The maximum absolute atomic E-state index is 11.1. The molecule has 2 aromatic rings. The van der Waals surface area contributed by atoms with Gasteiger partial charge >= 0.3 is 5.97 Å². The van der Waals surface area contributed by atoms with Crippen molar-refractivity contribution in [2.45, 2.75) is 19.9 Å². The summed E-state index contributed by atoms with van der Waals surface area (Å²) in [4.78, 5) is 22.7. The number of carboxylic acids is 1. The molecular formula is C14H14N2O4S. The molecule has 1 aromatic carbocycles. The minimum Gasteiger partial charge on any atom is -0.478 e. The van der Waals surface area contributed by atoms with E-state index >= 15 is 0 Å². The molecule has 0 radical (unpaired) electrons. The Balaban J connectivity index is 2.42. The van der Waals surface area contributed by atoms with Crippen LogP contribution in [0.3, 0.4) is 0 Å². The summed E-state index contributed by atoms with van der Waals surface area (Å²) in [5.41, 5.74) is 0.583. The lowest BCUT2D eigenvalue weighted by Gasteiger charge is -2.16. The molecule has 0 amide bonds. The molecule has 6 nitrogen and oxygen atoms in total. The van der Waals surface area contributed by atoms with Gasteiger partial charge < -0.3 is 10.4 Å². The summed E-state index contributed by atoms with van der Waals surface area (Å²) < 4.78 is 0. The quantitative estimate of drug-likeness (QED) is 0.646. The van der Waals surface area contributed by atoms with Crippen molar-refractivity contribution in [3.63, 3.8) is 0 Å². The van der Waals surface area contributed by atoms with Gasteiger partial charge in [0, 0.05) is 22.2 Å². The maximum Gasteiger partial charge on any atom is 0.336 e. The lowest BCUT2D eigenvalue weighted by Crippen LogP contribution is -2.09. The lowest BCUT2D eigenvalue weighted by atomic mass is 10.1. The maximum atomic E-state index is 11.1. The molecule has 0 saturated carbocycles. The fraction of sp³-hybridized carbons (Fsp3) is 0.214. The van der Waals surface area contributed by atoms with E-state index in [1.54, 1.807) is 18.3 Å². The van der Waals surface area contributed by atoms with E-state index in [1.807, 2.05) is 24.4 Å².